The summed E-state index contributed by atoms with van der Waals surface area (Å²) in [7, 11) is 0. The Morgan fingerprint density at radius 3 is 2.65 bits per heavy atom. The van der Waals surface area contributed by atoms with Gasteiger partial charge in [0.2, 0.25) is 0 Å². The Bertz CT molecular complexity index is 899. The standard InChI is InChI=1S/C19H15Cl2NO2S2/c1-2-22-18(23)17(26-19(22)25)10-13-5-3-4-6-16(13)24-11-12-7-8-14(20)15(21)9-12/h3-10H,2,11H2,1H3/b17-10+. The summed E-state index contributed by atoms with van der Waals surface area (Å²) in [5.41, 5.74) is 1.73. The van der Waals surface area contributed by atoms with Gasteiger partial charge in [0, 0.05) is 12.1 Å². The van der Waals surface area contributed by atoms with Crippen LogP contribution in [0.3, 0.4) is 0 Å². The van der Waals surface area contributed by atoms with Crippen LogP contribution in [0.15, 0.2) is 47.4 Å². The highest BCUT2D eigenvalue weighted by Crippen LogP contribution is 2.34. The van der Waals surface area contributed by atoms with Crippen molar-refractivity contribution in [2.45, 2.75) is 13.5 Å². The van der Waals surface area contributed by atoms with Gasteiger partial charge in [-0.15, -0.1) is 0 Å². The van der Waals surface area contributed by atoms with E-state index in [0.717, 1.165) is 11.1 Å². The average molecular weight is 424 g/mol. The maximum Gasteiger partial charge on any atom is 0.266 e. The summed E-state index contributed by atoms with van der Waals surface area (Å²) < 4.78 is 6.51. The average Bonchev–Trinajstić information content (AvgIpc) is 2.90. The molecule has 134 valence electrons. The van der Waals surface area contributed by atoms with Gasteiger partial charge in [0.15, 0.2) is 0 Å². The first-order chi connectivity index (χ1) is 12.5. The summed E-state index contributed by atoms with van der Waals surface area (Å²) in [5.74, 6) is 0.613. The lowest BCUT2D eigenvalue weighted by molar-refractivity contribution is -0.121. The van der Waals surface area contributed by atoms with Crippen molar-refractivity contribution >= 4 is 63.5 Å². The Balaban J connectivity index is 1.80. The zero-order valence-electron chi connectivity index (χ0n) is 13.9. The van der Waals surface area contributed by atoms with Gasteiger partial charge in [-0.2, -0.15) is 0 Å². The van der Waals surface area contributed by atoms with Crippen LogP contribution < -0.4 is 4.74 Å². The third-order valence-corrected chi connectivity index (χ3v) is 5.89. The Kier molecular flexibility index (Phi) is 6.24. The minimum Gasteiger partial charge on any atom is -0.488 e. The maximum absolute atomic E-state index is 12.4. The van der Waals surface area contributed by atoms with Gasteiger partial charge in [-0.3, -0.25) is 9.69 Å². The largest absolute Gasteiger partial charge is 0.488 e. The molecule has 0 atom stereocenters. The van der Waals surface area contributed by atoms with E-state index in [4.69, 9.17) is 40.2 Å². The lowest BCUT2D eigenvalue weighted by Gasteiger charge is -2.11. The summed E-state index contributed by atoms with van der Waals surface area (Å²) in [4.78, 5) is 14.6. The molecule has 2 aromatic carbocycles. The third-order valence-electron chi connectivity index (χ3n) is 3.77. The van der Waals surface area contributed by atoms with Crippen molar-refractivity contribution in [2.24, 2.45) is 0 Å². The van der Waals surface area contributed by atoms with Crippen LogP contribution in [0.2, 0.25) is 10.0 Å². The molecule has 0 radical (unpaired) electrons. The first kappa shape index (κ1) is 19.2. The van der Waals surface area contributed by atoms with Crippen LogP contribution in [0.5, 0.6) is 5.75 Å². The molecule has 1 heterocycles. The normalized spacial score (nSPS) is 15.8. The van der Waals surface area contributed by atoms with E-state index in [0.29, 0.717) is 38.2 Å². The summed E-state index contributed by atoms with van der Waals surface area (Å²) in [6, 6.07) is 12.9. The van der Waals surface area contributed by atoms with E-state index in [1.54, 1.807) is 17.0 Å². The molecule has 1 fully saturated rings. The molecule has 0 aliphatic carbocycles. The molecule has 1 amide bonds. The fraction of sp³-hybridized carbons (Fsp3) is 0.158. The van der Waals surface area contributed by atoms with E-state index in [2.05, 4.69) is 0 Å². The number of para-hydroxylation sites is 1. The van der Waals surface area contributed by atoms with Crippen molar-refractivity contribution < 1.29 is 9.53 Å². The first-order valence-corrected chi connectivity index (χ1v) is 9.88. The Labute approximate surface area is 171 Å². The number of carbonyl (C=O) groups is 1. The van der Waals surface area contributed by atoms with Crippen molar-refractivity contribution in [3.05, 3.63) is 68.5 Å². The highest BCUT2D eigenvalue weighted by molar-refractivity contribution is 8.26. The Morgan fingerprint density at radius 1 is 1.19 bits per heavy atom. The van der Waals surface area contributed by atoms with Gasteiger partial charge in [0.1, 0.15) is 16.7 Å². The van der Waals surface area contributed by atoms with E-state index in [1.165, 1.54) is 11.8 Å². The van der Waals surface area contributed by atoms with Crippen LogP contribution in [-0.2, 0) is 11.4 Å². The smallest absolute Gasteiger partial charge is 0.266 e. The van der Waals surface area contributed by atoms with Crippen molar-refractivity contribution in [3.8, 4) is 5.75 Å². The molecule has 26 heavy (non-hydrogen) atoms. The number of thiocarbonyl (C=S) groups is 1. The molecule has 0 spiro atoms. The first-order valence-electron chi connectivity index (χ1n) is 7.90. The van der Waals surface area contributed by atoms with Gasteiger partial charge in [-0.25, -0.2) is 0 Å². The van der Waals surface area contributed by atoms with Gasteiger partial charge in [-0.1, -0.05) is 71.4 Å². The van der Waals surface area contributed by atoms with Gasteiger partial charge in [0.05, 0.1) is 15.0 Å². The molecule has 2 aromatic rings. The van der Waals surface area contributed by atoms with Gasteiger partial charge >= 0.3 is 0 Å². The molecule has 0 bridgehead atoms. The number of hydrogen-bond donors (Lipinski definition) is 0. The van der Waals surface area contributed by atoms with E-state index in [9.17, 15) is 4.79 Å². The van der Waals surface area contributed by atoms with E-state index in [-0.39, 0.29) is 5.91 Å². The fourth-order valence-corrected chi connectivity index (χ4v) is 4.13. The molecular weight excluding hydrogens is 409 g/mol. The number of ether oxygens (including phenoxy) is 1. The van der Waals surface area contributed by atoms with Gasteiger partial charge in [-0.05, 0) is 36.8 Å². The molecular formula is C19H15Cl2NO2S2. The molecule has 0 unspecified atom stereocenters. The number of likely N-dealkylation sites (N-methyl/N-ethyl adjacent to an activating group) is 1. The highest BCUT2D eigenvalue weighted by Gasteiger charge is 2.30. The lowest BCUT2D eigenvalue weighted by atomic mass is 10.1. The second kappa shape index (κ2) is 8.44. The van der Waals surface area contributed by atoms with E-state index >= 15 is 0 Å². The Morgan fingerprint density at radius 2 is 1.96 bits per heavy atom. The van der Waals surface area contributed by atoms with Crippen LogP contribution >= 0.6 is 47.2 Å². The van der Waals surface area contributed by atoms with Gasteiger partial charge in [0.25, 0.3) is 5.91 Å². The summed E-state index contributed by atoms with van der Waals surface area (Å²) >= 11 is 18.5. The minimum absolute atomic E-state index is 0.0678. The topological polar surface area (TPSA) is 29.5 Å². The quantitative estimate of drug-likeness (QED) is 0.449. The fourth-order valence-electron chi connectivity index (χ4n) is 2.44. The number of thioether (sulfide) groups is 1. The molecule has 3 nitrogen and oxygen atoms in total. The molecule has 7 heteroatoms. The van der Waals surface area contributed by atoms with Crippen molar-refractivity contribution in [2.75, 3.05) is 6.54 Å². The molecule has 0 aromatic heterocycles. The summed E-state index contributed by atoms with van der Waals surface area (Å²) in [5, 5.41) is 0.998. The van der Waals surface area contributed by atoms with E-state index < -0.39 is 0 Å². The lowest BCUT2D eigenvalue weighted by Crippen LogP contribution is -2.27. The summed E-state index contributed by atoms with van der Waals surface area (Å²) in [6.07, 6.45) is 1.82. The summed E-state index contributed by atoms with van der Waals surface area (Å²) in [6.45, 7) is 2.82. The van der Waals surface area contributed by atoms with Crippen LogP contribution in [-0.4, -0.2) is 21.7 Å². The van der Waals surface area contributed by atoms with Crippen LogP contribution in [0.4, 0.5) is 0 Å². The number of hydrogen-bond acceptors (Lipinski definition) is 4. The molecule has 1 aliphatic rings. The van der Waals surface area contributed by atoms with Crippen molar-refractivity contribution in [3.63, 3.8) is 0 Å². The van der Waals surface area contributed by atoms with Crippen molar-refractivity contribution in [1.29, 1.82) is 0 Å². The van der Waals surface area contributed by atoms with Crippen LogP contribution in [0.25, 0.3) is 6.08 Å². The van der Waals surface area contributed by atoms with Gasteiger partial charge < -0.3 is 4.74 Å². The number of rotatable bonds is 5. The predicted octanol–water partition coefficient (Wildman–Crippen LogP) is 5.79. The molecule has 3 rings (SSSR count). The second-order valence-electron chi connectivity index (χ2n) is 5.50. The number of carbonyl (C=O) groups excluding carboxylic acids is 1. The number of benzene rings is 2. The molecule has 0 saturated carbocycles. The van der Waals surface area contributed by atoms with Crippen molar-refractivity contribution in [1.82, 2.24) is 4.90 Å². The van der Waals surface area contributed by atoms with Crippen LogP contribution in [0.1, 0.15) is 18.1 Å². The Hall–Kier alpha value is -1.53. The maximum atomic E-state index is 12.4. The zero-order valence-corrected chi connectivity index (χ0v) is 17.0. The van der Waals surface area contributed by atoms with E-state index in [1.807, 2.05) is 43.3 Å². The number of halogens is 2. The second-order valence-corrected chi connectivity index (χ2v) is 7.99. The SMILES string of the molecule is CCN1C(=O)/C(=C\c2ccccc2OCc2ccc(Cl)c(Cl)c2)SC1=S. The van der Waals surface area contributed by atoms with Crippen LogP contribution in [0, 0.1) is 0 Å². The predicted molar refractivity (Wildman–Crippen MR) is 113 cm³/mol. The number of amides is 1. The molecule has 0 N–H and O–H groups in total. The third kappa shape index (κ3) is 4.23. The minimum atomic E-state index is -0.0678. The molecule has 1 saturated heterocycles. The highest BCUT2D eigenvalue weighted by atomic mass is 35.5. The molecule has 1 aliphatic heterocycles. The number of nitrogens with zero attached hydrogens (tertiary/aromatic N) is 1. The zero-order chi connectivity index (χ0) is 18.7. The monoisotopic (exact) mass is 423 g/mol.